The zero-order valence-electron chi connectivity index (χ0n) is 19.4. The number of hydrogen-bond donors (Lipinski definition) is 1. The largest absolute Gasteiger partial charge is 0.507 e. The van der Waals surface area contributed by atoms with Crippen LogP contribution in [0.3, 0.4) is 0 Å². The first kappa shape index (κ1) is 22.7. The second kappa shape index (κ2) is 9.17. The highest BCUT2D eigenvalue weighted by Gasteiger charge is 2.35. The minimum atomic E-state index is -1.06. The quantitative estimate of drug-likeness (QED) is 0.507. The first-order valence-corrected chi connectivity index (χ1v) is 11.1. The molecule has 7 heteroatoms. The predicted octanol–water partition coefficient (Wildman–Crippen LogP) is 5.44. The molecule has 1 aliphatic rings. The molecular formula is C26H29FN4O2. The summed E-state index contributed by atoms with van der Waals surface area (Å²) in [6.07, 6.45) is 5.92. The molecule has 1 aromatic carbocycles. The minimum absolute atomic E-state index is 0.0265. The average Bonchev–Trinajstić information content (AvgIpc) is 2.85. The lowest BCUT2D eigenvalue weighted by atomic mass is 9.75. The number of halogens is 1. The van der Waals surface area contributed by atoms with Crippen molar-refractivity contribution in [2.45, 2.75) is 38.9 Å². The van der Waals surface area contributed by atoms with Crippen LogP contribution in [0.25, 0.3) is 22.4 Å². The van der Waals surface area contributed by atoms with Crippen molar-refractivity contribution in [1.29, 1.82) is 0 Å². The third-order valence-electron chi connectivity index (χ3n) is 6.59. The number of aromatic nitrogens is 3. The predicted molar refractivity (Wildman–Crippen MR) is 128 cm³/mol. The first-order chi connectivity index (χ1) is 15.8. The number of hydrogen-bond acceptors (Lipinski definition) is 6. The summed E-state index contributed by atoms with van der Waals surface area (Å²) in [5.74, 6) is 1.20. The molecule has 0 amide bonds. The second-order valence-electron chi connectivity index (χ2n) is 8.79. The number of anilines is 1. The number of methoxy groups -OCH3 is 1. The molecule has 0 bridgehead atoms. The van der Waals surface area contributed by atoms with E-state index < -0.39 is 6.17 Å². The van der Waals surface area contributed by atoms with Gasteiger partial charge in [-0.25, -0.2) is 9.37 Å². The molecule has 6 nitrogen and oxygen atoms in total. The Balaban J connectivity index is 1.55. The van der Waals surface area contributed by atoms with Gasteiger partial charge in [0.15, 0.2) is 5.82 Å². The molecule has 0 unspecified atom stereocenters. The molecule has 0 saturated heterocycles. The summed E-state index contributed by atoms with van der Waals surface area (Å²) in [4.78, 5) is 5.97. The molecule has 33 heavy (non-hydrogen) atoms. The maximum absolute atomic E-state index is 14.7. The van der Waals surface area contributed by atoms with E-state index >= 15 is 0 Å². The number of allylic oxidation sites excluding steroid dienone is 1. The van der Waals surface area contributed by atoms with Crippen molar-refractivity contribution in [3.8, 4) is 34.0 Å². The third kappa shape index (κ3) is 4.67. The number of phenolic OH excluding ortho intramolecular Hbond substituents is 1. The Morgan fingerprint density at radius 1 is 1.15 bits per heavy atom. The summed E-state index contributed by atoms with van der Waals surface area (Å²) >= 11 is 0. The van der Waals surface area contributed by atoms with Gasteiger partial charge in [0.2, 0.25) is 5.88 Å². The fourth-order valence-electron chi connectivity index (χ4n) is 4.18. The smallest absolute Gasteiger partial charge is 0.213 e. The molecule has 4 rings (SSSR count). The maximum Gasteiger partial charge on any atom is 0.213 e. The number of nitrogens with zero attached hydrogens (tertiary/aromatic N) is 4. The van der Waals surface area contributed by atoms with E-state index in [4.69, 9.17) is 4.74 Å². The summed E-state index contributed by atoms with van der Waals surface area (Å²) in [7, 11) is 3.42. The minimum Gasteiger partial charge on any atom is -0.507 e. The molecule has 0 aliphatic heterocycles. The number of ether oxygens (including phenoxy) is 1. The van der Waals surface area contributed by atoms with Crippen LogP contribution in [0, 0.1) is 5.41 Å². The van der Waals surface area contributed by atoms with E-state index in [1.54, 1.807) is 43.6 Å². The summed E-state index contributed by atoms with van der Waals surface area (Å²) in [6, 6.07) is 12.4. The molecule has 2 aromatic heterocycles. The molecule has 2 heterocycles. The van der Waals surface area contributed by atoms with Crippen LogP contribution in [0.15, 0.2) is 60.8 Å². The van der Waals surface area contributed by atoms with Crippen molar-refractivity contribution in [2.24, 2.45) is 5.41 Å². The molecule has 0 spiro atoms. The summed E-state index contributed by atoms with van der Waals surface area (Å²) in [6.45, 7) is 4.27. The van der Waals surface area contributed by atoms with E-state index in [1.807, 2.05) is 36.2 Å². The molecule has 172 valence electrons. The van der Waals surface area contributed by atoms with E-state index in [-0.39, 0.29) is 17.2 Å². The number of alkyl halides is 1. The highest BCUT2D eigenvalue weighted by Crippen LogP contribution is 2.38. The van der Waals surface area contributed by atoms with Gasteiger partial charge in [-0.3, -0.25) is 0 Å². The van der Waals surface area contributed by atoms with E-state index in [1.165, 1.54) is 0 Å². The molecule has 1 aliphatic carbocycles. The maximum atomic E-state index is 14.7. The fraction of sp³-hybridized carbons (Fsp3) is 0.346. The van der Waals surface area contributed by atoms with Gasteiger partial charge in [0.05, 0.1) is 18.8 Å². The van der Waals surface area contributed by atoms with Gasteiger partial charge in [-0.05, 0) is 59.7 Å². The number of phenols is 1. The van der Waals surface area contributed by atoms with Crippen molar-refractivity contribution in [3.05, 3.63) is 60.8 Å². The summed E-state index contributed by atoms with van der Waals surface area (Å²) < 4.78 is 19.8. The number of rotatable bonds is 6. The van der Waals surface area contributed by atoms with Crippen LogP contribution in [-0.2, 0) is 0 Å². The van der Waals surface area contributed by atoms with Crippen molar-refractivity contribution in [2.75, 3.05) is 19.1 Å². The Labute approximate surface area is 193 Å². The van der Waals surface area contributed by atoms with Gasteiger partial charge in [-0.2, -0.15) is 0 Å². The lowest BCUT2D eigenvalue weighted by Crippen LogP contribution is -2.44. The van der Waals surface area contributed by atoms with Crippen molar-refractivity contribution >= 4 is 5.82 Å². The molecule has 3 aromatic rings. The highest BCUT2D eigenvalue weighted by molar-refractivity contribution is 5.74. The number of aromatic hydroxyl groups is 1. The topological polar surface area (TPSA) is 71.4 Å². The van der Waals surface area contributed by atoms with Gasteiger partial charge >= 0.3 is 0 Å². The highest BCUT2D eigenvalue weighted by atomic mass is 19.1. The Bertz CT molecular complexity index is 1150. The molecule has 1 N–H and O–H groups in total. The van der Waals surface area contributed by atoms with E-state index in [9.17, 15) is 9.50 Å². The lowest BCUT2D eigenvalue weighted by molar-refractivity contribution is 0.232. The molecule has 0 saturated carbocycles. The third-order valence-corrected chi connectivity index (χ3v) is 6.59. The van der Waals surface area contributed by atoms with Crippen LogP contribution in [-0.4, -0.2) is 46.7 Å². The Kier molecular flexibility index (Phi) is 6.31. The van der Waals surface area contributed by atoms with Crippen LogP contribution in [0.4, 0.5) is 10.2 Å². The van der Waals surface area contributed by atoms with E-state index in [0.717, 1.165) is 17.5 Å². The normalized spacial score (nSPS) is 22.2. The van der Waals surface area contributed by atoms with Crippen LogP contribution >= 0.6 is 0 Å². The summed E-state index contributed by atoms with van der Waals surface area (Å²) in [5.41, 5.74) is 2.81. The van der Waals surface area contributed by atoms with Gasteiger partial charge in [-0.1, -0.05) is 32.1 Å². The zero-order valence-corrected chi connectivity index (χ0v) is 19.4. The van der Waals surface area contributed by atoms with Crippen LogP contribution in [0.2, 0.25) is 0 Å². The van der Waals surface area contributed by atoms with Crippen molar-refractivity contribution in [3.63, 3.8) is 0 Å². The van der Waals surface area contributed by atoms with Crippen LogP contribution < -0.4 is 9.64 Å². The van der Waals surface area contributed by atoms with E-state index in [2.05, 4.69) is 29.0 Å². The van der Waals surface area contributed by atoms with Gasteiger partial charge in [0, 0.05) is 24.9 Å². The van der Waals surface area contributed by atoms with Gasteiger partial charge < -0.3 is 14.7 Å². The Morgan fingerprint density at radius 3 is 2.61 bits per heavy atom. The SMILES string of the molecule is CC[C@]1(C)C=C[C@H](F)[C@H](N(C)c2ccc(-c3ccc(-c4ccnc(OC)c4)cc3O)nn2)C1. The molecule has 0 fully saturated rings. The molecule has 3 atom stereocenters. The second-order valence-corrected chi connectivity index (χ2v) is 8.79. The fourth-order valence-corrected chi connectivity index (χ4v) is 4.18. The van der Waals surface area contributed by atoms with Crippen molar-refractivity contribution in [1.82, 2.24) is 15.2 Å². The van der Waals surface area contributed by atoms with Gasteiger partial charge in [0.1, 0.15) is 11.9 Å². The number of pyridine rings is 1. The monoisotopic (exact) mass is 448 g/mol. The molecule has 0 radical (unpaired) electrons. The average molecular weight is 449 g/mol. The van der Waals surface area contributed by atoms with Crippen molar-refractivity contribution < 1.29 is 14.2 Å². The Morgan fingerprint density at radius 2 is 1.94 bits per heavy atom. The molecular weight excluding hydrogens is 419 g/mol. The number of benzene rings is 1. The standard InChI is InChI=1S/C26H29FN4O2/c1-5-26(2)12-10-20(27)22(16-26)31(3)24-9-8-21(29-30-24)19-7-6-17(14-23(19)32)18-11-13-28-25(15-18)33-4/h6-15,20,22,32H,5,16H2,1-4H3/t20-,22+,26+/m0/s1. The van der Waals surface area contributed by atoms with Crippen LogP contribution in [0.5, 0.6) is 11.6 Å². The summed E-state index contributed by atoms with van der Waals surface area (Å²) in [5, 5.41) is 19.3. The lowest BCUT2D eigenvalue weighted by Gasteiger charge is -2.39. The van der Waals surface area contributed by atoms with E-state index in [0.29, 0.717) is 29.4 Å². The zero-order chi connectivity index (χ0) is 23.6. The van der Waals surface area contributed by atoms with Gasteiger partial charge in [-0.15, -0.1) is 10.2 Å². The first-order valence-electron chi connectivity index (χ1n) is 11.1. The Hall–Kier alpha value is -3.48. The van der Waals surface area contributed by atoms with Crippen LogP contribution in [0.1, 0.15) is 26.7 Å². The van der Waals surface area contributed by atoms with Gasteiger partial charge in [0.25, 0.3) is 0 Å².